The highest BCUT2D eigenvalue weighted by atomic mass is 35.5. The number of aromatic nitrogens is 3. The van der Waals surface area contributed by atoms with Gasteiger partial charge in [-0.25, -0.2) is 9.07 Å². The molecule has 0 atom stereocenters. The number of nitrogens with zero attached hydrogens (tertiary/aromatic N) is 3. The number of halogens is 2. The van der Waals surface area contributed by atoms with Crippen molar-refractivity contribution in [3.63, 3.8) is 0 Å². The van der Waals surface area contributed by atoms with Crippen LogP contribution in [0.25, 0.3) is 11.3 Å². The number of hydrogen-bond acceptors (Lipinski definition) is 4. The monoisotopic (exact) mass is 386 g/mol. The number of rotatable bonds is 6. The lowest BCUT2D eigenvalue weighted by Gasteiger charge is -2.08. The van der Waals surface area contributed by atoms with Crippen LogP contribution in [0.3, 0.4) is 0 Å². The van der Waals surface area contributed by atoms with E-state index in [1.807, 2.05) is 0 Å². The van der Waals surface area contributed by atoms with E-state index in [-0.39, 0.29) is 22.9 Å². The SMILES string of the molecule is O=C(CCCn1nc(-c2ccncc2)ccc1=O)Nc1ccc(F)c(Cl)c1. The summed E-state index contributed by atoms with van der Waals surface area (Å²) < 4.78 is 14.5. The van der Waals surface area contributed by atoms with E-state index in [1.165, 1.54) is 28.9 Å². The van der Waals surface area contributed by atoms with Crippen LogP contribution < -0.4 is 10.9 Å². The largest absolute Gasteiger partial charge is 0.326 e. The van der Waals surface area contributed by atoms with Crippen LogP contribution in [0.2, 0.25) is 5.02 Å². The van der Waals surface area contributed by atoms with Crippen molar-refractivity contribution in [3.05, 3.63) is 76.1 Å². The predicted molar refractivity (Wildman–Crippen MR) is 101 cm³/mol. The molecule has 1 aromatic carbocycles. The second-order valence-corrected chi connectivity index (χ2v) is 6.20. The van der Waals surface area contributed by atoms with Crippen LogP contribution in [-0.4, -0.2) is 20.7 Å². The summed E-state index contributed by atoms with van der Waals surface area (Å²) in [5.41, 5.74) is 1.69. The number of pyridine rings is 1. The van der Waals surface area contributed by atoms with E-state index in [0.29, 0.717) is 24.3 Å². The molecule has 3 aromatic rings. The summed E-state index contributed by atoms with van der Waals surface area (Å²) in [6, 6.07) is 10.7. The Bertz CT molecular complexity index is 1010. The second kappa shape index (κ2) is 8.55. The van der Waals surface area contributed by atoms with Gasteiger partial charge in [-0.05, 0) is 42.8 Å². The maximum atomic E-state index is 13.1. The summed E-state index contributed by atoms with van der Waals surface area (Å²) in [6.45, 7) is 0.301. The Hall–Kier alpha value is -3.06. The van der Waals surface area contributed by atoms with E-state index in [9.17, 15) is 14.0 Å². The molecule has 2 aromatic heterocycles. The quantitative estimate of drug-likeness (QED) is 0.703. The van der Waals surface area contributed by atoms with E-state index in [2.05, 4.69) is 15.4 Å². The third-order valence-electron chi connectivity index (χ3n) is 3.82. The van der Waals surface area contributed by atoms with Gasteiger partial charge < -0.3 is 5.32 Å². The first kappa shape index (κ1) is 18.7. The molecule has 2 heterocycles. The molecule has 1 N–H and O–H groups in total. The van der Waals surface area contributed by atoms with E-state index in [0.717, 1.165) is 5.56 Å². The number of aryl methyl sites for hydroxylation is 1. The normalized spacial score (nSPS) is 10.6. The fraction of sp³-hybridized carbons (Fsp3) is 0.158. The highest BCUT2D eigenvalue weighted by molar-refractivity contribution is 6.31. The Labute approximate surface area is 159 Å². The van der Waals surface area contributed by atoms with Crippen molar-refractivity contribution in [1.29, 1.82) is 0 Å². The lowest BCUT2D eigenvalue weighted by molar-refractivity contribution is -0.116. The van der Waals surface area contributed by atoms with Crippen molar-refractivity contribution in [3.8, 4) is 11.3 Å². The molecular formula is C19H16ClFN4O2. The predicted octanol–water partition coefficient (Wildman–Crippen LogP) is 3.52. The van der Waals surface area contributed by atoms with Crippen LogP contribution in [0.5, 0.6) is 0 Å². The third-order valence-corrected chi connectivity index (χ3v) is 4.11. The van der Waals surface area contributed by atoms with Crippen LogP contribution in [0.15, 0.2) is 59.7 Å². The Morgan fingerprint density at radius 3 is 2.67 bits per heavy atom. The standard InChI is InChI=1S/C19H16ClFN4O2/c20-15-12-14(3-4-16(15)21)23-18(26)2-1-11-25-19(27)6-5-17(24-25)13-7-9-22-10-8-13/h3-10,12H,1-2,11H2,(H,23,26). The Kier molecular flexibility index (Phi) is 5.93. The van der Waals surface area contributed by atoms with Gasteiger partial charge in [-0.15, -0.1) is 0 Å². The van der Waals surface area contributed by atoms with Gasteiger partial charge in [0.15, 0.2) is 0 Å². The molecule has 1 amide bonds. The lowest BCUT2D eigenvalue weighted by atomic mass is 10.2. The molecule has 0 aliphatic carbocycles. The summed E-state index contributed by atoms with van der Waals surface area (Å²) in [5.74, 6) is -0.801. The van der Waals surface area contributed by atoms with E-state index < -0.39 is 5.82 Å². The van der Waals surface area contributed by atoms with Gasteiger partial charge in [-0.3, -0.25) is 14.6 Å². The molecule has 0 bridgehead atoms. The van der Waals surface area contributed by atoms with Crippen molar-refractivity contribution in [1.82, 2.24) is 14.8 Å². The van der Waals surface area contributed by atoms with Gasteiger partial charge in [0.1, 0.15) is 5.82 Å². The van der Waals surface area contributed by atoms with Crippen LogP contribution >= 0.6 is 11.6 Å². The number of carbonyl (C=O) groups is 1. The summed E-state index contributed by atoms with van der Waals surface area (Å²) in [7, 11) is 0. The first-order valence-corrected chi connectivity index (χ1v) is 8.64. The highest BCUT2D eigenvalue weighted by Gasteiger charge is 2.07. The molecule has 0 spiro atoms. The Balaban J connectivity index is 1.59. The Morgan fingerprint density at radius 2 is 1.93 bits per heavy atom. The third kappa shape index (κ3) is 4.98. The van der Waals surface area contributed by atoms with Crippen LogP contribution in [-0.2, 0) is 11.3 Å². The lowest BCUT2D eigenvalue weighted by Crippen LogP contribution is -2.23. The fourth-order valence-electron chi connectivity index (χ4n) is 2.47. The fourth-order valence-corrected chi connectivity index (χ4v) is 2.65. The Morgan fingerprint density at radius 1 is 1.15 bits per heavy atom. The van der Waals surface area contributed by atoms with Crippen molar-refractivity contribution >= 4 is 23.2 Å². The summed E-state index contributed by atoms with van der Waals surface area (Å²) in [5, 5.41) is 6.91. The molecule has 138 valence electrons. The maximum Gasteiger partial charge on any atom is 0.266 e. The number of benzene rings is 1. The zero-order chi connectivity index (χ0) is 19.2. The molecule has 0 unspecified atom stereocenters. The number of nitrogens with one attached hydrogen (secondary N) is 1. The van der Waals surface area contributed by atoms with E-state index in [4.69, 9.17) is 11.6 Å². The van der Waals surface area contributed by atoms with Crippen molar-refractivity contribution in [2.24, 2.45) is 0 Å². The molecule has 0 radical (unpaired) electrons. The van der Waals surface area contributed by atoms with Gasteiger partial charge >= 0.3 is 0 Å². The summed E-state index contributed by atoms with van der Waals surface area (Å²) in [4.78, 5) is 27.9. The van der Waals surface area contributed by atoms with Crippen molar-refractivity contribution < 1.29 is 9.18 Å². The minimum atomic E-state index is -0.547. The van der Waals surface area contributed by atoms with E-state index in [1.54, 1.807) is 30.6 Å². The molecule has 0 saturated carbocycles. The molecular weight excluding hydrogens is 371 g/mol. The van der Waals surface area contributed by atoms with Gasteiger partial charge in [-0.1, -0.05) is 11.6 Å². The maximum absolute atomic E-state index is 13.1. The number of carbonyl (C=O) groups excluding carboxylic acids is 1. The molecule has 0 saturated heterocycles. The van der Waals surface area contributed by atoms with Crippen LogP contribution in [0, 0.1) is 5.82 Å². The van der Waals surface area contributed by atoms with E-state index >= 15 is 0 Å². The minimum absolute atomic E-state index is 0.0588. The number of anilines is 1. The molecule has 8 heteroatoms. The summed E-state index contributed by atoms with van der Waals surface area (Å²) >= 11 is 5.69. The van der Waals surface area contributed by atoms with Crippen molar-refractivity contribution in [2.75, 3.05) is 5.32 Å². The van der Waals surface area contributed by atoms with Gasteiger partial charge in [0.2, 0.25) is 5.91 Å². The van der Waals surface area contributed by atoms with Gasteiger partial charge in [0, 0.05) is 42.7 Å². The van der Waals surface area contributed by atoms with Gasteiger partial charge in [0.25, 0.3) is 5.56 Å². The molecule has 6 nitrogen and oxygen atoms in total. The average molecular weight is 387 g/mol. The second-order valence-electron chi connectivity index (χ2n) is 5.80. The molecule has 3 rings (SSSR count). The van der Waals surface area contributed by atoms with Crippen LogP contribution in [0.1, 0.15) is 12.8 Å². The zero-order valence-electron chi connectivity index (χ0n) is 14.2. The molecule has 0 aliphatic rings. The van der Waals surface area contributed by atoms with Gasteiger partial charge in [-0.2, -0.15) is 5.10 Å². The summed E-state index contributed by atoms with van der Waals surface area (Å²) in [6.07, 6.45) is 3.91. The zero-order valence-corrected chi connectivity index (χ0v) is 15.0. The number of hydrogen-bond donors (Lipinski definition) is 1. The highest BCUT2D eigenvalue weighted by Crippen LogP contribution is 2.19. The topological polar surface area (TPSA) is 76.9 Å². The van der Waals surface area contributed by atoms with Crippen molar-refractivity contribution in [2.45, 2.75) is 19.4 Å². The van der Waals surface area contributed by atoms with Gasteiger partial charge in [0.05, 0.1) is 10.7 Å². The number of amides is 1. The molecule has 27 heavy (non-hydrogen) atoms. The molecule has 0 aliphatic heterocycles. The first-order chi connectivity index (χ1) is 13.0. The van der Waals surface area contributed by atoms with Crippen LogP contribution in [0.4, 0.5) is 10.1 Å². The first-order valence-electron chi connectivity index (χ1n) is 8.26. The molecule has 0 fully saturated rings. The average Bonchev–Trinajstić information content (AvgIpc) is 2.67. The smallest absolute Gasteiger partial charge is 0.266 e. The minimum Gasteiger partial charge on any atom is -0.326 e.